The molecule has 2 aromatic rings. The molecule has 1 aromatic carbocycles. The highest BCUT2D eigenvalue weighted by molar-refractivity contribution is 7.89. The third-order valence-electron chi connectivity index (χ3n) is 5.23. The molecule has 0 spiro atoms. The fourth-order valence-corrected chi connectivity index (χ4v) is 5.33. The molecule has 2 saturated heterocycles. The van der Waals surface area contributed by atoms with E-state index >= 15 is 0 Å². The Bertz CT molecular complexity index is 892. The van der Waals surface area contributed by atoms with Crippen LogP contribution in [-0.4, -0.2) is 72.3 Å². The highest BCUT2D eigenvalue weighted by Gasteiger charge is 2.44. The summed E-state index contributed by atoms with van der Waals surface area (Å²) in [6, 6.07) is 7.31. The summed E-state index contributed by atoms with van der Waals surface area (Å²) < 4.78 is 38.6. The largest absolute Gasteiger partial charge is 0.497 e. The maximum Gasteiger partial charge on any atom is 0.217 e. The summed E-state index contributed by atoms with van der Waals surface area (Å²) in [7, 11) is -1.79. The molecule has 3 heterocycles. The lowest BCUT2D eigenvalue weighted by molar-refractivity contribution is 0.0458. The van der Waals surface area contributed by atoms with Gasteiger partial charge in [-0.05, 0) is 17.7 Å². The van der Waals surface area contributed by atoms with Crippen molar-refractivity contribution in [1.29, 1.82) is 0 Å². The van der Waals surface area contributed by atoms with Gasteiger partial charge in [-0.25, -0.2) is 18.4 Å². The SMILES string of the molecule is COc1ccc(CN2[C@@H]3CN(Cc4cncnc4)C[C@@H]3OCCS2(=O)=O)cc1. The molecule has 2 fully saturated rings. The van der Waals surface area contributed by atoms with E-state index in [4.69, 9.17) is 9.47 Å². The van der Waals surface area contributed by atoms with Gasteiger partial charge in [-0.3, -0.25) is 4.90 Å². The lowest BCUT2D eigenvalue weighted by atomic mass is 10.1. The topological polar surface area (TPSA) is 84.9 Å². The summed E-state index contributed by atoms with van der Waals surface area (Å²) >= 11 is 0. The molecular weight excluding hydrogens is 380 g/mol. The van der Waals surface area contributed by atoms with Crippen LogP contribution in [0.4, 0.5) is 0 Å². The molecule has 0 saturated carbocycles. The van der Waals surface area contributed by atoms with E-state index in [1.807, 2.05) is 24.3 Å². The van der Waals surface area contributed by atoms with Crippen molar-refractivity contribution in [2.45, 2.75) is 25.2 Å². The first kappa shape index (κ1) is 19.3. The van der Waals surface area contributed by atoms with E-state index in [-0.39, 0.29) is 24.5 Å². The molecule has 28 heavy (non-hydrogen) atoms. The minimum atomic E-state index is -3.40. The maximum absolute atomic E-state index is 12.9. The Morgan fingerprint density at radius 2 is 1.86 bits per heavy atom. The van der Waals surface area contributed by atoms with Gasteiger partial charge < -0.3 is 9.47 Å². The predicted octanol–water partition coefficient (Wildman–Crippen LogP) is 0.900. The van der Waals surface area contributed by atoms with Crippen molar-refractivity contribution < 1.29 is 17.9 Å². The molecule has 2 aliphatic rings. The van der Waals surface area contributed by atoms with Gasteiger partial charge in [0.2, 0.25) is 10.0 Å². The minimum absolute atomic E-state index is 0.0165. The highest BCUT2D eigenvalue weighted by Crippen LogP contribution is 2.28. The average Bonchev–Trinajstić information content (AvgIpc) is 3.04. The number of nitrogens with zero attached hydrogens (tertiary/aromatic N) is 4. The van der Waals surface area contributed by atoms with Crippen molar-refractivity contribution in [3.63, 3.8) is 0 Å². The minimum Gasteiger partial charge on any atom is -0.497 e. The van der Waals surface area contributed by atoms with Gasteiger partial charge in [0, 0.05) is 44.1 Å². The van der Waals surface area contributed by atoms with Crippen LogP contribution in [0.3, 0.4) is 0 Å². The van der Waals surface area contributed by atoms with Gasteiger partial charge in [0.25, 0.3) is 0 Å². The molecular formula is C19H24N4O4S. The molecule has 150 valence electrons. The summed E-state index contributed by atoms with van der Waals surface area (Å²) in [4.78, 5) is 10.3. The number of methoxy groups -OCH3 is 1. The number of hydrogen-bond donors (Lipinski definition) is 0. The molecule has 4 rings (SSSR count). The van der Waals surface area contributed by atoms with Crippen molar-refractivity contribution in [2.24, 2.45) is 0 Å². The van der Waals surface area contributed by atoms with E-state index in [0.717, 1.165) is 16.9 Å². The molecule has 1 aromatic heterocycles. The number of hydrogen-bond acceptors (Lipinski definition) is 7. The second-order valence-corrected chi connectivity index (χ2v) is 9.17. The van der Waals surface area contributed by atoms with Crippen LogP contribution in [0.25, 0.3) is 0 Å². The monoisotopic (exact) mass is 404 g/mol. The first-order chi connectivity index (χ1) is 13.5. The summed E-state index contributed by atoms with van der Waals surface area (Å²) in [6.07, 6.45) is 4.94. The molecule has 0 unspecified atom stereocenters. The summed E-state index contributed by atoms with van der Waals surface area (Å²) in [5.74, 6) is 0.767. The maximum atomic E-state index is 12.9. The van der Waals surface area contributed by atoms with Crippen molar-refractivity contribution in [2.75, 3.05) is 32.6 Å². The van der Waals surface area contributed by atoms with Gasteiger partial charge in [0.05, 0.1) is 31.6 Å². The van der Waals surface area contributed by atoms with Crippen LogP contribution >= 0.6 is 0 Å². The number of rotatable bonds is 5. The van der Waals surface area contributed by atoms with E-state index in [1.165, 1.54) is 6.33 Å². The first-order valence-corrected chi connectivity index (χ1v) is 10.9. The number of sulfonamides is 1. The summed E-state index contributed by atoms with van der Waals surface area (Å²) in [6.45, 7) is 2.54. The van der Waals surface area contributed by atoms with Gasteiger partial charge in [-0.2, -0.15) is 4.31 Å². The summed E-state index contributed by atoms with van der Waals surface area (Å²) in [5.41, 5.74) is 1.93. The third kappa shape index (κ3) is 4.17. The molecule has 0 amide bonds. The molecule has 0 radical (unpaired) electrons. The number of benzene rings is 1. The molecule has 0 N–H and O–H groups in total. The molecule has 9 heteroatoms. The number of ether oxygens (including phenoxy) is 2. The Hall–Kier alpha value is -2.07. The second-order valence-electron chi connectivity index (χ2n) is 7.13. The Morgan fingerprint density at radius 3 is 2.57 bits per heavy atom. The third-order valence-corrected chi connectivity index (χ3v) is 7.03. The van der Waals surface area contributed by atoms with Crippen molar-refractivity contribution in [3.05, 3.63) is 54.1 Å². The molecule has 2 atom stereocenters. The van der Waals surface area contributed by atoms with Crippen molar-refractivity contribution in [3.8, 4) is 5.75 Å². The quantitative estimate of drug-likeness (QED) is 0.732. The van der Waals surface area contributed by atoms with E-state index in [1.54, 1.807) is 23.8 Å². The van der Waals surface area contributed by atoms with E-state index in [0.29, 0.717) is 26.2 Å². The molecule has 2 aliphatic heterocycles. The second kappa shape index (κ2) is 8.12. The number of likely N-dealkylation sites (tertiary alicyclic amines) is 1. The van der Waals surface area contributed by atoms with Crippen LogP contribution in [0.5, 0.6) is 5.75 Å². The van der Waals surface area contributed by atoms with Crippen LogP contribution in [0, 0.1) is 0 Å². The fourth-order valence-electron chi connectivity index (χ4n) is 3.83. The van der Waals surface area contributed by atoms with Crippen LogP contribution in [0.2, 0.25) is 0 Å². The Balaban J connectivity index is 1.54. The normalized spacial score (nSPS) is 25.2. The smallest absolute Gasteiger partial charge is 0.217 e. The lowest BCUT2D eigenvalue weighted by Gasteiger charge is -2.28. The zero-order valence-electron chi connectivity index (χ0n) is 15.8. The molecule has 8 nitrogen and oxygen atoms in total. The van der Waals surface area contributed by atoms with Crippen LogP contribution in [0.1, 0.15) is 11.1 Å². The Kier molecular flexibility index (Phi) is 5.58. The predicted molar refractivity (Wildman–Crippen MR) is 103 cm³/mol. The van der Waals surface area contributed by atoms with E-state index in [2.05, 4.69) is 14.9 Å². The van der Waals surface area contributed by atoms with Gasteiger partial charge >= 0.3 is 0 Å². The van der Waals surface area contributed by atoms with Gasteiger partial charge in [0.1, 0.15) is 12.1 Å². The van der Waals surface area contributed by atoms with Crippen molar-refractivity contribution >= 4 is 10.0 Å². The van der Waals surface area contributed by atoms with Gasteiger partial charge in [-0.15, -0.1) is 0 Å². The van der Waals surface area contributed by atoms with Gasteiger partial charge in [-0.1, -0.05) is 12.1 Å². The van der Waals surface area contributed by atoms with Crippen LogP contribution in [0.15, 0.2) is 43.0 Å². The standard InChI is InChI=1S/C19H24N4O4S/c1-26-17-4-2-15(3-5-17)11-23-18-12-22(10-16-8-20-14-21-9-16)13-19(18)27-6-7-28(23,24)25/h2-5,8-9,14,18-19H,6-7,10-13H2,1H3/t18-,19+/m1/s1. The summed E-state index contributed by atoms with van der Waals surface area (Å²) in [5, 5.41) is 0. The lowest BCUT2D eigenvalue weighted by Crippen LogP contribution is -2.45. The highest BCUT2D eigenvalue weighted by atomic mass is 32.2. The zero-order chi connectivity index (χ0) is 19.6. The van der Waals surface area contributed by atoms with E-state index < -0.39 is 10.0 Å². The van der Waals surface area contributed by atoms with E-state index in [9.17, 15) is 8.42 Å². The number of aromatic nitrogens is 2. The zero-order valence-corrected chi connectivity index (χ0v) is 16.6. The Morgan fingerprint density at radius 1 is 1.11 bits per heavy atom. The fraction of sp³-hybridized carbons (Fsp3) is 0.474. The van der Waals surface area contributed by atoms with Gasteiger partial charge in [0.15, 0.2) is 0 Å². The average molecular weight is 404 g/mol. The van der Waals surface area contributed by atoms with Crippen LogP contribution in [-0.2, 0) is 27.8 Å². The van der Waals surface area contributed by atoms with Crippen LogP contribution < -0.4 is 4.74 Å². The Labute approximate surface area is 165 Å². The first-order valence-electron chi connectivity index (χ1n) is 9.25. The van der Waals surface area contributed by atoms with Crippen molar-refractivity contribution in [1.82, 2.24) is 19.2 Å². The molecule has 0 aliphatic carbocycles. The molecule has 0 bridgehead atoms. The number of fused-ring (bicyclic) bond motifs is 1.